The Labute approximate surface area is 119 Å². The molecule has 0 aromatic heterocycles. The molecule has 0 spiro atoms. The Kier molecular flexibility index (Phi) is 5.67. The van der Waals surface area contributed by atoms with Crippen LogP contribution >= 0.6 is 11.8 Å². The topological polar surface area (TPSA) is 15.3 Å². The molecule has 0 bridgehead atoms. The van der Waals surface area contributed by atoms with E-state index in [0.717, 1.165) is 24.6 Å². The summed E-state index contributed by atoms with van der Waals surface area (Å²) in [5.74, 6) is 2.39. The Hall–Kier alpha value is -0.580. The van der Waals surface area contributed by atoms with Crippen molar-refractivity contribution >= 4 is 11.8 Å². The molecule has 1 aromatic rings. The highest BCUT2D eigenvalue weighted by atomic mass is 32.2. The molecule has 1 aliphatic heterocycles. The van der Waals surface area contributed by atoms with Gasteiger partial charge in [-0.15, -0.1) is 0 Å². The van der Waals surface area contributed by atoms with Crippen LogP contribution in [0.4, 0.5) is 4.39 Å². The minimum atomic E-state index is -0.168. The fourth-order valence-electron chi connectivity index (χ4n) is 2.56. The van der Waals surface area contributed by atoms with Gasteiger partial charge in [-0.3, -0.25) is 0 Å². The summed E-state index contributed by atoms with van der Waals surface area (Å²) in [5, 5.41) is 3.33. The predicted octanol–water partition coefficient (Wildman–Crippen LogP) is 2.91. The molecule has 0 amide bonds. The summed E-state index contributed by atoms with van der Waals surface area (Å²) >= 11 is 2.05. The van der Waals surface area contributed by atoms with Crippen LogP contribution in [0.5, 0.6) is 0 Å². The van der Waals surface area contributed by atoms with Gasteiger partial charge in [0.05, 0.1) is 0 Å². The highest BCUT2D eigenvalue weighted by Gasteiger charge is 2.20. The van der Waals surface area contributed by atoms with E-state index in [1.54, 1.807) is 0 Å². The number of hydrogen-bond donors (Lipinski definition) is 1. The molecule has 4 heteroatoms. The third kappa shape index (κ3) is 4.20. The van der Waals surface area contributed by atoms with Crippen molar-refractivity contribution in [2.75, 3.05) is 32.1 Å². The molecule has 1 N–H and O–H groups in total. The molecule has 0 aliphatic carbocycles. The summed E-state index contributed by atoms with van der Waals surface area (Å²) in [5.41, 5.74) is 1.16. The first kappa shape index (κ1) is 14.8. The van der Waals surface area contributed by atoms with Crippen LogP contribution in [0.3, 0.4) is 0 Å². The van der Waals surface area contributed by atoms with Crippen LogP contribution in [0, 0.1) is 5.82 Å². The van der Waals surface area contributed by atoms with Gasteiger partial charge >= 0.3 is 0 Å². The molecule has 19 heavy (non-hydrogen) atoms. The summed E-state index contributed by atoms with van der Waals surface area (Å²) in [4.78, 5) is 2.47. The van der Waals surface area contributed by atoms with E-state index in [1.807, 2.05) is 30.9 Å². The molecule has 1 aromatic carbocycles. The number of rotatable bonds is 6. The van der Waals surface area contributed by atoms with Crippen LogP contribution < -0.4 is 5.32 Å². The van der Waals surface area contributed by atoms with E-state index >= 15 is 0 Å². The molecule has 0 saturated carbocycles. The normalized spacial score (nSPS) is 20.9. The van der Waals surface area contributed by atoms with Crippen LogP contribution in [0.15, 0.2) is 24.3 Å². The van der Waals surface area contributed by atoms with Gasteiger partial charge in [0.25, 0.3) is 0 Å². The zero-order chi connectivity index (χ0) is 13.7. The minimum Gasteiger partial charge on any atom is -0.313 e. The first-order chi connectivity index (χ1) is 9.20. The fraction of sp³-hybridized carbons (Fsp3) is 0.600. The average Bonchev–Trinajstić information content (AvgIpc) is 2.95. The van der Waals surface area contributed by atoms with E-state index in [2.05, 4.69) is 17.3 Å². The Morgan fingerprint density at radius 1 is 1.42 bits per heavy atom. The number of thioether (sulfide) groups is 1. The highest BCUT2D eigenvalue weighted by molar-refractivity contribution is 7.99. The standard InChI is InChI=1S/C15H23FN2S/c1-17-15(12-3-5-13(16)6-4-12)7-9-18(2)14-8-10-19-11-14/h3-6,14-15,17H,7-11H2,1-2H3. The first-order valence-electron chi connectivity index (χ1n) is 6.91. The summed E-state index contributed by atoms with van der Waals surface area (Å²) in [6.45, 7) is 1.08. The SMILES string of the molecule is CNC(CCN(C)C1CCSC1)c1ccc(F)cc1. The second kappa shape index (κ2) is 7.27. The quantitative estimate of drug-likeness (QED) is 0.863. The van der Waals surface area contributed by atoms with Gasteiger partial charge in [0.2, 0.25) is 0 Å². The predicted molar refractivity (Wildman–Crippen MR) is 81.2 cm³/mol. The van der Waals surface area contributed by atoms with Crippen molar-refractivity contribution in [3.05, 3.63) is 35.6 Å². The van der Waals surface area contributed by atoms with E-state index in [9.17, 15) is 4.39 Å². The van der Waals surface area contributed by atoms with E-state index in [1.165, 1.54) is 30.1 Å². The Balaban J connectivity index is 1.86. The van der Waals surface area contributed by atoms with Gasteiger partial charge in [-0.25, -0.2) is 4.39 Å². The van der Waals surface area contributed by atoms with Gasteiger partial charge < -0.3 is 10.2 Å². The molecular weight excluding hydrogens is 259 g/mol. The van der Waals surface area contributed by atoms with Crippen molar-refractivity contribution in [1.29, 1.82) is 0 Å². The molecule has 1 heterocycles. The first-order valence-corrected chi connectivity index (χ1v) is 8.07. The third-order valence-electron chi connectivity index (χ3n) is 3.92. The maximum atomic E-state index is 12.9. The van der Waals surface area contributed by atoms with Crippen molar-refractivity contribution in [2.45, 2.75) is 24.9 Å². The van der Waals surface area contributed by atoms with Gasteiger partial charge in [0, 0.05) is 17.8 Å². The van der Waals surface area contributed by atoms with Gasteiger partial charge in [-0.2, -0.15) is 11.8 Å². The summed E-state index contributed by atoms with van der Waals surface area (Å²) in [6, 6.07) is 7.87. The lowest BCUT2D eigenvalue weighted by Crippen LogP contribution is -2.34. The molecule has 2 atom stereocenters. The fourth-order valence-corrected chi connectivity index (χ4v) is 3.86. The minimum absolute atomic E-state index is 0.168. The van der Waals surface area contributed by atoms with E-state index in [4.69, 9.17) is 0 Å². The van der Waals surface area contributed by atoms with Crippen molar-refractivity contribution in [2.24, 2.45) is 0 Å². The van der Waals surface area contributed by atoms with Crippen LogP contribution in [-0.4, -0.2) is 43.1 Å². The third-order valence-corrected chi connectivity index (χ3v) is 5.07. The second-order valence-corrected chi connectivity index (χ2v) is 6.33. The smallest absolute Gasteiger partial charge is 0.123 e. The van der Waals surface area contributed by atoms with Crippen molar-refractivity contribution in [3.63, 3.8) is 0 Å². The van der Waals surface area contributed by atoms with Crippen molar-refractivity contribution in [1.82, 2.24) is 10.2 Å². The zero-order valence-corrected chi connectivity index (χ0v) is 12.5. The van der Waals surface area contributed by atoms with Gasteiger partial charge in [0.15, 0.2) is 0 Å². The lowest BCUT2D eigenvalue weighted by atomic mass is 10.0. The molecule has 1 fully saturated rings. The van der Waals surface area contributed by atoms with Gasteiger partial charge in [-0.1, -0.05) is 12.1 Å². The number of nitrogens with one attached hydrogen (secondary N) is 1. The summed E-state index contributed by atoms with van der Waals surface area (Å²) < 4.78 is 12.9. The molecular formula is C15H23FN2S. The molecule has 2 unspecified atom stereocenters. The maximum Gasteiger partial charge on any atom is 0.123 e. The molecule has 1 aliphatic rings. The Morgan fingerprint density at radius 3 is 2.74 bits per heavy atom. The van der Waals surface area contributed by atoms with E-state index < -0.39 is 0 Å². The van der Waals surface area contributed by atoms with E-state index in [0.29, 0.717) is 6.04 Å². The average molecular weight is 282 g/mol. The molecule has 2 nitrogen and oxygen atoms in total. The maximum absolute atomic E-state index is 12.9. The number of hydrogen-bond acceptors (Lipinski definition) is 3. The largest absolute Gasteiger partial charge is 0.313 e. The monoisotopic (exact) mass is 282 g/mol. The van der Waals surface area contributed by atoms with Crippen LogP contribution in [0.25, 0.3) is 0 Å². The molecule has 106 valence electrons. The van der Waals surface area contributed by atoms with Gasteiger partial charge in [0.1, 0.15) is 5.82 Å². The van der Waals surface area contributed by atoms with Crippen LogP contribution in [0.1, 0.15) is 24.4 Å². The van der Waals surface area contributed by atoms with Crippen molar-refractivity contribution < 1.29 is 4.39 Å². The highest BCUT2D eigenvalue weighted by Crippen LogP contribution is 2.23. The molecule has 0 radical (unpaired) electrons. The van der Waals surface area contributed by atoms with E-state index in [-0.39, 0.29) is 5.82 Å². The van der Waals surface area contributed by atoms with Crippen LogP contribution in [-0.2, 0) is 0 Å². The second-order valence-electron chi connectivity index (χ2n) is 5.18. The zero-order valence-electron chi connectivity index (χ0n) is 11.7. The Bertz CT molecular complexity index is 376. The number of nitrogens with zero attached hydrogens (tertiary/aromatic N) is 1. The lowest BCUT2D eigenvalue weighted by Gasteiger charge is -2.26. The number of halogens is 1. The number of benzene rings is 1. The molecule has 1 saturated heterocycles. The molecule has 2 rings (SSSR count). The summed E-state index contributed by atoms with van der Waals surface area (Å²) in [6.07, 6.45) is 2.36. The Morgan fingerprint density at radius 2 is 2.16 bits per heavy atom. The van der Waals surface area contributed by atoms with Gasteiger partial charge in [-0.05, 0) is 56.9 Å². The van der Waals surface area contributed by atoms with Crippen molar-refractivity contribution in [3.8, 4) is 0 Å². The summed E-state index contributed by atoms with van der Waals surface area (Å²) in [7, 11) is 4.19. The lowest BCUT2D eigenvalue weighted by molar-refractivity contribution is 0.248. The van der Waals surface area contributed by atoms with Crippen LogP contribution in [0.2, 0.25) is 0 Å².